The second kappa shape index (κ2) is 29.5. The molecule has 2 rings (SSSR count). The quantitative estimate of drug-likeness (QED) is 0.129. The number of nitrogens with zero attached hydrogens (tertiary/aromatic N) is 2. The highest BCUT2D eigenvalue weighted by molar-refractivity contribution is 5.71. The number of rotatable bonds is 10. The number of hydrogen-bond acceptors (Lipinski definition) is 6. The molecule has 2 saturated heterocycles. The van der Waals surface area contributed by atoms with Gasteiger partial charge in [0.05, 0.1) is 26.1 Å². The fourth-order valence-corrected chi connectivity index (χ4v) is 7.77. The van der Waals surface area contributed by atoms with E-state index in [1.165, 1.54) is 96.9 Å². The summed E-state index contributed by atoms with van der Waals surface area (Å²) in [6.07, 6.45) is 25.9. The number of hydrogen-bond donors (Lipinski definition) is 0. The molecule has 0 aromatic carbocycles. The Hall–Kier alpha value is -2.06. The average molecular weight is 697 g/mol. The van der Waals surface area contributed by atoms with Crippen molar-refractivity contribution in [3.8, 4) is 0 Å². The van der Waals surface area contributed by atoms with Gasteiger partial charge in [-0.3, -0.25) is 9.59 Å². The molecule has 50 heavy (non-hydrogen) atoms. The van der Waals surface area contributed by atoms with Crippen molar-refractivity contribution in [2.45, 2.75) is 168 Å². The van der Waals surface area contributed by atoms with Crippen molar-refractivity contribution in [2.24, 2.45) is 17.8 Å². The van der Waals surface area contributed by atoms with Gasteiger partial charge >= 0.3 is 11.9 Å². The third-order valence-corrected chi connectivity index (χ3v) is 11.0. The molecule has 0 amide bonds. The van der Waals surface area contributed by atoms with Crippen LogP contribution in [0.2, 0.25) is 0 Å². The summed E-state index contributed by atoms with van der Waals surface area (Å²) < 4.78 is 11.6. The molecule has 2 unspecified atom stereocenters. The van der Waals surface area contributed by atoms with Crippen LogP contribution in [0.1, 0.15) is 168 Å². The van der Waals surface area contributed by atoms with Gasteiger partial charge in [-0.25, -0.2) is 0 Å². The molecular weight excluding hydrogens is 620 g/mol. The van der Waals surface area contributed by atoms with E-state index < -0.39 is 0 Å². The van der Waals surface area contributed by atoms with Gasteiger partial charge < -0.3 is 19.3 Å². The van der Waals surface area contributed by atoms with Crippen LogP contribution in [0.3, 0.4) is 0 Å². The second-order valence-corrected chi connectivity index (χ2v) is 15.4. The van der Waals surface area contributed by atoms with Gasteiger partial charge in [0.25, 0.3) is 0 Å². The van der Waals surface area contributed by atoms with Gasteiger partial charge in [-0.15, -0.1) is 0 Å². The Morgan fingerprint density at radius 2 is 1.12 bits per heavy atom. The molecule has 0 aliphatic carbocycles. The first-order valence-electron chi connectivity index (χ1n) is 21.1. The van der Waals surface area contributed by atoms with E-state index in [0.717, 1.165) is 88.5 Å². The molecule has 0 N–H and O–H groups in total. The second-order valence-electron chi connectivity index (χ2n) is 15.4. The van der Waals surface area contributed by atoms with Crippen LogP contribution in [0, 0.1) is 17.8 Å². The number of carbonyl (C=O) groups excluding carboxylic acids is 2. The summed E-state index contributed by atoms with van der Waals surface area (Å²) in [7, 11) is 2.24. The number of unbranched alkanes of at least 4 members (excludes halogenated alkanes) is 4. The number of esters is 2. The van der Waals surface area contributed by atoms with Crippen LogP contribution in [0.15, 0.2) is 29.3 Å². The largest absolute Gasteiger partial charge is 0.466 e. The zero-order valence-electron chi connectivity index (χ0n) is 32.9. The molecule has 0 radical (unpaired) electrons. The van der Waals surface area contributed by atoms with Crippen LogP contribution in [-0.2, 0) is 19.1 Å². The first-order valence-corrected chi connectivity index (χ1v) is 21.1. The summed E-state index contributed by atoms with van der Waals surface area (Å²) in [6, 6.07) is 0. The van der Waals surface area contributed by atoms with Crippen molar-refractivity contribution in [2.75, 3.05) is 53.0 Å². The zero-order valence-corrected chi connectivity index (χ0v) is 32.9. The molecule has 0 bridgehead atoms. The Morgan fingerprint density at radius 3 is 1.58 bits per heavy atom. The van der Waals surface area contributed by atoms with Crippen molar-refractivity contribution in [1.29, 1.82) is 0 Å². The van der Waals surface area contributed by atoms with E-state index in [1.807, 2.05) is 0 Å². The van der Waals surface area contributed by atoms with Gasteiger partial charge in [-0.05, 0) is 81.2 Å². The molecule has 2 aliphatic heterocycles. The Kier molecular flexibility index (Phi) is 26.0. The molecule has 2 fully saturated rings. The highest BCUT2D eigenvalue weighted by Crippen LogP contribution is 2.33. The van der Waals surface area contributed by atoms with E-state index in [0.29, 0.717) is 26.1 Å². The molecule has 0 aromatic rings. The van der Waals surface area contributed by atoms with Gasteiger partial charge in [0, 0.05) is 32.7 Å². The van der Waals surface area contributed by atoms with Crippen molar-refractivity contribution >= 4 is 11.9 Å². The molecule has 0 spiro atoms. The molecule has 0 saturated carbocycles. The van der Waals surface area contributed by atoms with Crippen molar-refractivity contribution in [3.05, 3.63) is 29.3 Å². The minimum absolute atomic E-state index is 0.0343. The molecule has 2 aliphatic rings. The monoisotopic (exact) mass is 697 g/mol. The van der Waals surface area contributed by atoms with Crippen molar-refractivity contribution in [1.82, 2.24) is 9.80 Å². The molecule has 6 heteroatoms. The van der Waals surface area contributed by atoms with E-state index in [-0.39, 0.29) is 23.8 Å². The topological polar surface area (TPSA) is 59.1 Å². The van der Waals surface area contributed by atoms with Crippen molar-refractivity contribution in [3.63, 3.8) is 0 Å². The maximum absolute atomic E-state index is 13.2. The third kappa shape index (κ3) is 21.3. The highest BCUT2D eigenvalue weighted by Gasteiger charge is 2.28. The molecule has 286 valence electrons. The predicted molar refractivity (Wildman–Crippen MR) is 208 cm³/mol. The number of piperazine rings is 1. The van der Waals surface area contributed by atoms with E-state index in [2.05, 4.69) is 54.5 Å². The minimum Gasteiger partial charge on any atom is -0.466 e. The zero-order chi connectivity index (χ0) is 36.1. The summed E-state index contributed by atoms with van der Waals surface area (Å²) >= 11 is 0. The summed E-state index contributed by atoms with van der Waals surface area (Å²) in [6.45, 7) is 15.2. The number of likely N-dealkylation sites (N-methyl/N-ethyl adjacent to an activating group) is 1. The highest BCUT2D eigenvalue weighted by atomic mass is 16.5. The molecular formula is C44H76N2O4. The SMILES string of the molecule is C=C=C=C=C1C(CCCCC)CC(=O)OCCCCCCCCC(CN2CCN(C)CC2)CCCCCCCCOC(=O)CC1CCCCC. The van der Waals surface area contributed by atoms with E-state index in [9.17, 15) is 9.59 Å². The minimum atomic E-state index is -0.143. The fraction of sp³-hybridized carbons (Fsp3) is 0.841. The average Bonchev–Trinajstić information content (AvgIpc) is 3.10. The third-order valence-electron chi connectivity index (χ3n) is 11.0. The van der Waals surface area contributed by atoms with Crippen LogP contribution >= 0.6 is 0 Å². The number of allylic oxidation sites excluding steroid dienone is 1. The van der Waals surface area contributed by atoms with Gasteiger partial charge in [0.2, 0.25) is 0 Å². The lowest BCUT2D eigenvalue weighted by Crippen LogP contribution is -2.46. The molecule has 0 aromatic heterocycles. The van der Waals surface area contributed by atoms with Crippen molar-refractivity contribution < 1.29 is 19.1 Å². The first kappa shape index (κ1) is 44.1. The first-order chi connectivity index (χ1) is 24.5. The summed E-state index contributed by atoms with van der Waals surface area (Å²) in [5, 5.41) is 0. The van der Waals surface area contributed by atoms with Gasteiger partial charge in [-0.1, -0.05) is 128 Å². The predicted octanol–water partition coefficient (Wildman–Crippen LogP) is 10.6. The normalized spacial score (nSPS) is 24.7. The Labute approximate surface area is 308 Å². The molecule has 6 nitrogen and oxygen atoms in total. The van der Waals surface area contributed by atoms with Crippen LogP contribution in [0.25, 0.3) is 0 Å². The van der Waals surface area contributed by atoms with Crippen LogP contribution in [0.4, 0.5) is 0 Å². The van der Waals surface area contributed by atoms with Crippen LogP contribution in [-0.4, -0.2) is 74.7 Å². The molecule has 2 atom stereocenters. The van der Waals surface area contributed by atoms with Gasteiger partial charge in [0.15, 0.2) is 0 Å². The van der Waals surface area contributed by atoms with Gasteiger partial charge in [-0.2, -0.15) is 0 Å². The van der Waals surface area contributed by atoms with E-state index in [4.69, 9.17) is 9.47 Å². The standard InChI is InChI=1S/C44H76N2O4/c1-5-8-19-27-40-36-43(47)49-34-23-17-13-11-15-21-25-39(38-46-32-30-45(4)31-33-46)26-22-16-12-14-18-24-35-50-44(48)37-41(28-20-9-6-2)42(40)29-10-7-3/h39-41H,3,5-6,8-9,11-28,30-38H2,1-2,4H3. The fourth-order valence-electron chi connectivity index (χ4n) is 7.77. The summed E-state index contributed by atoms with van der Waals surface area (Å²) in [5.74, 6) is 0.458. The number of cyclic esters (lactones) is 2. The van der Waals surface area contributed by atoms with E-state index in [1.54, 1.807) is 0 Å². The van der Waals surface area contributed by atoms with E-state index >= 15 is 0 Å². The lowest BCUT2D eigenvalue weighted by atomic mass is 9.79. The Morgan fingerprint density at radius 1 is 0.660 bits per heavy atom. The lowest BCUT2D eigenvalue weighted by molar-refractivity contribution is -0.145. The summed E-state index contributed by atoms with van der Waals surface area (Å²) in [4.78, 5) is 31.6. The number of carbonyl (C=O) groups is 2. The van der Waals surface area contributed by atoms with Gasteiger partial charge in [0.1, 0.15) is 0 Å². The maximum atomic E-state index is 13.2. The Bertz CT molecular complexity index is 963. The summed E-state index contributed by atoms with van der Waals surface area (Å²) in [5.41, 5.74) is 10.0. The number of ether oxygens (including phenoxy) is 2. The molecule has 2 heterocycles. The Balaban J connectivity index is 2.07. The van der Waals surface area contributed by atoms with Crippen LogP contribution < -0.4 is 0 Å². The smallest absolute Gasteiger partial charge is 0.306 e. The van der Waals surface area contributed by atoms with Crippen LogP contribution in [0.5, 0.6) is 0 Å². The maximum Gasteiger partial charge on any atom is 0.306 e. The lowest BCUT2D eigenvalue weighted by Gasteiger charge is -2.34.